The molecule has 0 unspecified atom stereocenters. The molecular formula is C14H20N2O. The smallest absolute Gasteiger partial charge is 0.240 e. The second-order valence-corrected chi connectivity index (χ2v) is 4.86. The number of hydrogen-bond donors (Lipinski definition) is 1. The van der Waals surface area contributed by atoms with Crippen molar-refractivity contribution in [3.05, 3.63) is 29.8 Å². The first-order valence-corrected chi connectivity index (χ1v) is 6.21. The Morgan fingerprint density at radius 2 is 2.00 bits per heavy atom. The van der Waals surface area contributed by atoms with Crippen LogP contribution >= 0.6 is 0 Å². The minimum Gasteiger partial charge on any atom is -0.314 e. The van der Waals surface area contributed by atoms with Gasteiger partial charge in [0.1, 0.15) is 0 Å². The molecule has 1 N–H and O–H groups in total. The van der Waals surface area contributed by atoms with Crippen LogP contribution in [-0.4, -0.2) is 26.0 Å². The predicted molar refractivity (Wildman–Crippen MR) is 70.2 cm³/mol. The van der Waals surface area contributed by atoms with Gasteiger partial charge in [0, 0.05) is 12.7 Å². The van der Waals surface area contributed by atoms with Gasteiger partial charge in [0.05, 0.1) is 6.54 Å². The third kappa shape index (κ3) is 3.56. The molecule has 0 aliphatic heterocycles. The molecule has 0 spiro atoms. The zero-order valence-corrected chi connectivity index (χ0v) is 10.6. The summed E-state index contributed by atoms with van der Waals surface area (Å²) >= 11 is 0. The Morgan fingerprint density at radius 3 is 2.59 bits per heavy atom. The molecule has 3 nitrogen and oxygen atoms in total. The average Bonchev–Trinajstić information content (AvgIpc) is 3.13. The van der Waals surface area contributed by atoms with Crippen LogP contribution in [0.2, 0.25) is 0 Å². The summed E-state index contributed by atoms with van der Waals surface area (Å²) in [5.74, 6) is 0.932. The van der Waals surface area contributed by atoms with Crippen LogP contribution in [0.25, 0.3) is 0 Å². The van der Waals surface area contributed by atoms with E-state index in [1.165, 1.54) is 18.4 Å². The molecule has 0 atom stereocenters. The van der Waals surface area contributed by atoms with E-state index >= 15 is 0 Å². The first kappa shape index (κ1) is 12.1. The summed E-state index contributed by atoms with van der Waals surface area (Å²) in [6.45, 7) is 3.46. The van der Waals surface area contributed by atoms with Crippen LogP contribution < -0.4 is 10.2 Å². The van der Waals surface area contributed by atoms with Crippen molar-refractivity contribution < 1.29 is 4.79 Å². The monoisotopic (exact) mass is 232 g/mol. The standard InChI is InChI=1S/C14H20N2O/c1-11-3-7-13(8-4-11)16(2)14(17)10-15-9-12-5-6-12/h3-4,7-8,12,15H,5-6,9-10H2,1-2H3. The van der Waals surface area contributed by atoms with E-state index in [1.807, 2.05) is 38.2 Å². The van der Waals surface area contributed by atoms with Crippen LogP contribution in [0.15, 0.2) is 24.3 Å². The largest absolute Gasteiger partial charge is 0.314 e. The van der Waals surface area contributed by atoms with Gasteiger partial charge in [0.15, 0.2) is 0 Å². The van der Waals surface area contributed by atoms with Crippen LogP contribution in [0, 0.1) is 12.8 Å². The van der Waals surface area contributed by atoms with Crippen molar-refractivity contribution >= 4 is 11.6 Å². The number of anilines is 1. The third-order valence-electron chi connectivity index (χ3n) is 3.20. The van der Waals surface area contributed by atoms with Crippen molar-refractivity contribution in [2.75, 3.05) is 25.0 Å². The minimum atomic E-state index is 0.120. The number of hydrogen-bond acceptors (Lipinski definition) is 2. The van der Waals surface area contributed by atoms with E-state index in [0.717, 1.165) is 18.2 Å². The maximum atomic E-state index is 11.9. The lowest BCUT2D eigenvalue weighted by molar-refractivity contribution is -0.117. The van der Waals surface area contributed by atoms with Crippen molar-refractivity contribution in [3.8, 4) is 0 Å². The minimum absolute atomic E-state index is 0.120. The Kier molecular flexibility index (Phi) is 3.79. The molecule has 17 heavy (non-hydrogen) atoms. The van der Waals surface area contributed by atoms with Crippen molar-refractivity contribution in [3.63, 3.8) is 0 Å². The van der Waals surface area contributed by atoms with Crippen molar-refractivity contribution in [2.45, 2.75) is 19.8 Å². The van der Waals surface area contributed by atoms with Gasteiger partial charge < -0.3 is 10.2 Å². The van der Waals surface area contributed by atoms with E-state index in [-0.39, 0.29) is 5.91 Å². The molecule has 2 rings (SSSR count). The highest BCUT2D eigenvalue weighted by molar-refractivity contribution is 5.94. The molecule has 1 aromatic rings. The SMILES string of the molecule is Cc1ccc(N(C)C(=O)CNCC2CC2)cc1. The number of aryl methyl sites for hydroxylation is 1. The molecule has 1 fully saturated rings. The number of rotatable bonds is 5. The lowest BCUT2D eigenvalue weighted by Gasteiger charge is -2.17. The Balaban J connectivity index is 1.82. The quantitative estimate of drug-likeness (QED) is 0.841. The highest BCUT2D eigenvalue weighted by Gasteiger charge is 2.21. The Morgan fingerprint density at radius 1 is 1.35 bits per heavy atom. The number of amides is 1. The maximum Gasteiger partial charge on any atom is 0.240 e. The number of benzene rings is 1. The zero-order valence-electron chi connectivity index (χ0n) is 10.6. The molecule has 0 saturated heterocycles. The van der Waals surface area contributed by atoms with E-state index in [4.69, 9.17) is 0 Å². The molecule has 1 aliphatic rings. The molecular weight excluding hydrogens is 212 g/mol. The topological polar surface area (TPSA) is 32.3 Å². The van der Waals surface area contributed by atoms with Gasteiger partial charge in [0.2, 0.25) is 5.91 Å². The van der Waals surface area contributed by atoms with Crippen molar-refractivity contribution in [2.24, 2.45) is 5.92 Å². The molecule has 0 radical (unpaired) electrons. The highest BCUT2D eigenvalue weighted by Crippen LogP contribution is 2.27. The van der Waals surface area contributed by atoms with Crippen LogP contribution in [0.5, 0.6) is 0 Å². The maximum absolute atomic E-state index is 11.9. The second kappa shape index (κ2) is 5.32. The number of carbonyl (C=O) groups is 1. The molecule has 0 heterocycles. The van der Waals surface area contributed by atoms with Crippen LogP contribution in [0.4, 0.5) is 5.69 Å². The summed E-state index contributed by atoms with van der Waals surface area (Å²) in [6.07, 6.45) is 2.63. The summed E-state index contributed by atoms with van der Waals surface area (Å²) in [7, 11) is 1.83. The molecule has 0 aromatic heterocycles. The van der Waals surface area contributed by atoms with Gasteiger partial charge in [-0.05, 0) is 44.4 Å². The second-order valence-electron chi connectivity index (χ2n) is 4.86. The van der Waals surface area contributed by atoms with Gasteiger partial charge >= 0.3 is 0 Å². The van der Waals surface area contributed by atoms with E-state index in [0.29, 0.717) is 6.54 Å². The van der Waals surface area contributed by atoms with E-state index in [1.54, 1.807) is 4.90 Å². The number of nitrogens with zero attached hydrogens (tertiary/aromatic N) is 1. The van der Waals surface area contributed by atoms with E-state index in [2.05, 4.69) is 5.32 Å². The lowest BCUT2D eigenvalue weighted by atomic mass is 10.2. The van der Waals surface area contributed by atoms with Crippen molar-refractivity contribution in [1.82, 2.24) is 5.32 Å². The summed E-state index contributed by atoms with van der Waals surface area (Å²) in [5.41, 5.74) is 2.16. The Labute approximate surface area is 103 Å². The normalized spacial score (nSPS) is 14.7. The van der Waals surface area contributed by atoms with E-state index < -0.39 is 0 Å². The fraction of sp³-hybridized carbons (Fsp3) is 0.500. The lowest BCUT2D eigenvalue weighted by Crippen LogP contribution is -2.36. The van der Waals surface area contributed by atoms with Crippen LogP contribution in [0.1, 0.15) is 18.4 Å². The molecule has 1 amide bonds. The van der Waals surface area contributed by atoms with Gasteiger partial charge in [-0.15, -0.1) is 0 Å². The molecule has 1 saturated carbocycles. The van der Waals surface area contributed by atoms with Crippen molar-refractivity contribution in [1.29, 1.82) is 0 Å². The van der Waals surface area contributed by atoms with Gasteiger partial charge in [-0.1, -0.05) is 17.7 Å². The highest BCUT2D eigenvalue weighted by atomic mass is 16.2. The first-order chi connectivity index (χ1) is 8.16. The molecule has 1 aromatic carbocycles. The van der Waals surface area contributed by atoms with Gasteiger partial charge in [-0.3, -0.25) is 4.79 Å². The Bertz CT molecular complexity index is 382. The van der Waals surface area contributed by atoms with Gasteiger partial charge in [-0.2, -0.15) is 0 Å². The fourth-order valence-electron chi connectivity index (χ4n) is 1.74. The first-order valence-electron chi connectivity index (χ1n) is 6.21. The zero-order chi connectivity index (χ0) is 12.3. The summed E-state index contributed by atoms with van der Waals surface area (Å²) < 4.78 is 0. The summed E-state index contributed by atoms with van der Waals surface area (Å²) in [4.78, 5) is 13.6. The van der Waals surface area contributed by atoms with Crippen LogP contribution in [-0.2, 0) is 4.79 Å². The molecule has 3 heteroatoms. The summed E-state index contributed by atoms with van der Waals surface area (Å²) in [6, 6.07) is 8.01. The average molecular weight is 232 g/mol. The van der Waals surface area contributed by atoms with Crippen LogP contribution in [0.3, 0.4) is 0 Å². The molecule has 1 aliphatic carbocycles. The van der Waals surface area contributed by atoms with Gasteiger partial charge in [-0.25, -0.2) is 0 Å². The number of carbonyl (C=O) groups excluding carboxylic acids is 1. The number of likely N-dealkylation sites (N-methyl/N-ethyl adjacent to an activating group) is 1. The van der Waals surface area contributed by atoms with E-state index in [9.17, 15) is 4.79 Å². The summed E-state index contributed by atoms with van der Waals surface area (Å²) in [5, 5.41) is 3.22. The van der Waals surface area contributed by atoms with Gasteiger partial charge in [0.25, 0.3) is 0 Å². The molecule has 92 valence electrons. The molecule has 0 bridgehead atoms. The fourth-order valence-corrected chi connectivity index (χ4v) is 1.74. The third-order valence-corrected chi connectivity index (χ3v) is 3.20. The predicted octanol–water partition coefficient (Wildman–Crippen LogP) is 1.96. The number of nitrogens with one attached hydrogen (secondary N) is 1. The Hall–Kier alpha value is -1.35.